The Bertz CT molecular complexity index is 1030. The summed E-state index contributed by atoms with van der Waals surface area (Å²) >= 11 is 0. The minimum atomic E-state index is -4.57. The van der Waals surface area contributed by atoms with E-state index in [0.29, 0.717) is 53.5 Å². The number of carbonyl (C=O) groups excluding carboxylic acids is 1. The number of halogens is 3. The number of alkyl halides is 3. The molecule has 32 heavy (non-hydrogen) atoms. The number of anilines is 1. The van der Waals surface area contributed by atoms with Gasteiger partial charge in [-0.05, 0) is 63.6 Å². The number of amides is 1. The second kappa shape index (κ2) is 8.03. The van der Waals surface area contributed by atoms with Crippen molar-refractivity contribution in [1.82, 2.24) is 15.3 Å². The van der Waals surface area contributed by atoms with Gasteiger partial charge in [0.15, 0.2) is 0 Å². The fourth-order valence-corrected chi connectivity index (χ4v) is 4.35. The van der Waals surface area contributed by atoms with E-state index in [1.54, 1.807) is 6.92 Å². The first kappa shape index (κ1) is 22.5. The summed E-state index contributed by atoms with van der Waals surface area (Å²) in [6.45, 7) is 6.73. The molecule has 1 amide bonds. The highest BCUT2D eigenvalue weighted by molar-refractivity contribution is 6.04. The van der Waals surface area contributed by atoms with Crippen molar-refractivity contribution in [1.29, 1.82) is 0 Å². The minimum absolute atomic E-state index is 0.0243. The molecule has 2 aromatic heterocycles. The van der Waals surface area contributed by atoms with E-state index in [1.807, 2.05) is 18.7 Å². The van der Waals surface area contributed by atoms with Crippen LogP contribution in [-0.4, -0.2) is 40.5 Å². The smallest absolute Gasteiger partial charge is 0.368 e. The Labute approximate surface area is 185 Å². The highest BCUT2D eigenvalue weighted by Crippen LogP contribution is 2.40. The summed E-state index contributed by atoms with van der Waals surface area (Å²) in [5.74, 6) is 0.192. The van der Waals surface area contributed by atoms with Crippen LogP contribution in [0.2, 0.25) is 0 Å². The number of nitrogens with two attached hydrogens (primary N) is 1. The number of carbonyl (C=O) groups is 1. The highest BCUT2D eigenvalue weighted by Gasteiger charge is 2.37. The Morgan fingerprint density at radius 3 is 2.66 bits per heavy atom. The average molecular weight is 448 g/mol. The molecule has 1 aliphatic heterocycles. The normalized spacial score (nSPS) is 22.2. The van der Waals surface area contributed by atoms with Crippen molar-refractivity contribution in [2.45, 2.75) is 57.8 Å². The van der Waals surface area contributed by atoms with Gasteiger partial charge < -0.3 is 16.0 Å². The maximum absolute atomic E-state index is 13.4. The molecule has 4 rings (SSSR count). The van der Waals surface area contributed by atoms with Crippen LogP contribution in [0, 0.1) is 12.8 Å². The van der Waals surface area contributed by atoms with Gasteiger partial charge in [0, 0.05) is 48.3 Å². The van der Waals surface area contributed by atoms with Gasteiger partial charge in [-0.15, -0.1) is 0 Å². The first-order valence-electron chi connectivity index (χ1n) is 10.8. The van der Waals surface area contributed by atoms with Crippen molar-refractivity contribution in [2.75, 3.05) is 18.0 Å². The summed E-state index contributed by atoms with van der Waals surface area (Å²) in [4.78, 5) is 23.1. The van der Waals surface area contributed by atoms with Crippen LogP contribution >= 0.6 is 0 Å². The van der Waals surface area contributed by atoms with Gasteiger partial charge in [0.25, 0.3) is 5.91 Å². The first-order chi connectivity index (χ1) is 15.0. The number of nitrogens with zero attached hydrogens (tertiary/aromatic N) is 3. The van der Waals surface area contributed by atoms with Crippen LogP contribution in [-0.2, 0) is 6.18 Å². The lowest BCUT2D eigenvalue weighted by atomic mass is 9.97. The van der Waals surface area contributed by atoms with Gasteiger partial charge in [-0.3, -0.25) is 14.8 Å². The monoisotopic (exact) mass is 447 g/mol. The van der Waals surface area contributed by atoms with Crippen molar-refractivity contribution in [2.24, 2.45) is 11.7 Å². The third kappa shape index (κ3) is 4.57. The van der Waals surface area contributed by atoms with Crippen molar-refractivity contribution in [3.63, 3.8) is 0 Å². The van der Waals surface area contributed by atoms with Crippen LogP contribution in [0.5, 0.6) is 0 Å². The SMILES string of the molecule is Cc1ncc(C(=O)N[C@@H](C)C2CC2)c(N2CC[C@](C)(N)C2)c1-c1ccnc(C(F)(F)F)c1. The van der Waals surface area contributed by atoms with E-state index < -0.39 is 17.4 Å². The Morgan fingerprint density at radius 2 is 2.06 bits per heavy atom. The Kier molecular flexibility index (Phi) is 5.65. The topological polar surface area (TPSA) is 84.1 Å². The zero-order valence-corrected chi connectivity index (χ0v) is 18.5. The number of aryl methyl sites for hydroxylation is 1. The van der Waals surface area contributed by atoms with Gasteiger partial charge in [-0.25, -0.2) is 0 Å². The molecule has 1 aliphatic carbocycles. The molecule has 2 aromatic rings. The molecule has 0 bridgehead atoms. The van der Waals surface area contributed by atoms with Crippen molar-refractivity contribution >= 4 is 11.6 Å². The molecule has 0 spiro atoms. The number of hydrogen-bond acceptors (Lipinski definition) is 5. The van der Waals surface area contributed by atoms with Gasteiger partial charge >= 0.3 is 6.18 Å². The molecule has 3 heterocycles. The Balaban J connectivity index is 1.84. The predicted octanol–water partition coefficient (Wildman–Crippen LogP) is 3.93. The van der Waals surface area contributed by atoms with Crippen LogP contribution in [0.4, 0.5) is 18.9 Å². The molecule has 0 aromatic carbocycles. The molecule has 2 atom stereocenters. The fraction of sp³-hybridized carbons (Fsp3) is 0.522. The number of rotatable bonds is 5. The van der Waals surface area contributed by atoms with Gasteiger partial charge in [-0.2, -0.15) is 13.2 Å². The van der Waals surface area contributed by atoms with Gasteiger partial charge in [0.05, 0.1) is 11.3 Å². The third-order valence-corrected chi connectivity index (χ3v) is 6.33. The second-order valence-electron chi connectivity index (χ2n) is 9.33. The lowest BCUT2D eigenvalue weighted by molar-refractivity contribution is -0.141. The molecule has 6 nitrogen and oxygen atoms in total. The van der Waals surface area contributed by atoms with Crippen LogP contribution in [0.25, 0.3) is 11.1 Å². The Hall–Kier alpha value is -2.68. The largest absolute Gasteiger partial charge is 0.433 e. The molecule has 1 saturated carbocycles. The van der Waals surface area contributed by atoms with Crippen molar-refractivity contribution in [3.05, 3.63) is 41.5 Å². The highest BCUT2D eigenvalue weighted by atomic mass is 19.4. The third-order valence-electron chi connectivity index (χ3n) is 6.33. The molecule has 3 N–H and O–H groups in total. The van der Waals surface area contributed by atoms with Crippen LogP contribution in [0.3, 0.4) is 0 Å². The van der Waals surface area contributed by atoms with Crippen LogP contribution < -0.4 is 16.0 Å². The maximum Gasteiger partial charge on any atom is 0.433 e. The first-order valence-corrected chi connectivity index (χ1v) is 10.8. The molecule has 0 unspecified atom stereocenters. The molecule has 2 fully saturated rings. The summed E-state index contributed by atoms with van der Waals surface area (Å²) in [5, 5.41) is 3.05. The number of hydrogen-bond donors (Lipinski definition) is 2. The molecule has 2 aliphatic rings. The number of pyridine rings is 2. The number of aromatic nitrogens is 2. The van der Waals surface area contributed by atoms with Gasteiger partial charge in [0.1, 0.15) is 5.69 Å². The molecular formula is C23H28F3N5O. The van der Waals surface area contributed by atoms with Crippen molar-refractivity contribution in [3.8, 4) is 11.1 Å². The molecule has 0 radical (unpaired) electrons. The van der Waals surface area contributed by atoms with Crippen LogP contribution in [0.15, 0.2) is 24.5 Å². The van der Waals surface area contributed by atoms with E-state index >= 15 is 0 Å². The van der Waals surface area contributed by atoms with Crippen molar-refractivity contribution < 1.29 is 18.0 Å². The fourth-order valence-electron chi connectivity index (χ4n) is 4.35. The minimum Gasteiger partial charge on any atom is -0.368 e. The quantitative estimate of drug-likeness (QED) is 0.726. The van der Waals surface area contributed by atoms with E-state index in [1.165, 1.54) is 12.3 Å². The van der Waals surface area contributed by atoms with Gasteiger partial charge in [0.2, 0.25) is 0 Å². The average Bonchev–Trinajstić information content (AvgIpc) is 3.50. The van der Waals surface area contributed by atoms with E-state index in [4.69, 9.17) is 5.73 Å². The predicted molar refractivity (Wildman–Crippen MR) is 116 cm³/mol. The molecule has 9 heteroatoms. The molecule has 1 saturated heterocycles. The standard InChI is InChI=1S/C23H28F3N5O/c1-13(15-4-5-15)30-21(32)17-11-29-14(2)19(20(17)31-9-7-22(3,27)12-31)16-6-8-28-18(10-16)23(24,25)26/h6,8,10-11,13,15H,4-5,7,9,12,27H2,1-3H3,(H,30,32)/t13-,22-/m0/s1. The second-order valence-corrected chi connectivity index (χ2v) is 9.33. The summed E-state index contributed by atoms with van der Waals surface area (Å²) in [7, 11) is 0. The van der Waals surface area contributed by atoms with E-state index in [-0.39, 0.29) is 11.9 Å². The molecule has 172 valence electrons. The van der Waals surface area contributed by atoms with Crippen LogP contribution in [0.1, 0.15) is 54.9 Å². The maximum atomic E-state index is 13.4. The summed E-state index contributed by atoms with van der Waals surface area (Å²) < 4.78 is 40.1. The van der Waals surface area contributed by atoms with Gasteiger partial charge in [-0.1, -0.05) is 0 Å². The Morgan fingerprint density at radius 1 is 1.34 bits per heavy atom. The zero-order valence-electron chi connectivity index (χ0n) is 18.5. The van der Waals surface area contributed by atoms with E-state index in [0.717, 1.165) is 25.1 Å². The van der Waals surface area contributed by atoms with E-state index in [2.05, 4.69) is 15.3 Å². The lowest BCUT2D eigenvalue weighted by Crippen LogP contribution is -2.40. The molecular weight excluding hydrogens is 419 g/mol. The number of nitrogens with one attached hydrogen (secondary N) is 1. The summed E-state index contributed by atoms with van der Waals surface area (Å²) in [6.07, 6.45) is 0.954. The lowest BCUT2D eigenvalue weighted by Gasteiger charge is -2.28. The zero-order chi connectivity index (χ0) is 23.3. The summed E-state index contributed by atoms with van der Waals surface area (Å²) in [6, 6.07) is 2.56. The van der Waals surface area contributed by atoms with E-state index in [9.17, 15) is 18.0 Å². The summed E-state index contributed by atoms with van der Waals surface area (Å²) in [5.41, 5.74) is 7.20.